The summed E-state index contributed by atoms with van der Waals surface area (Å²) in [6.07, 6.45) is 31.2. The molecule has 0 saturated carbocycles. The maximum absolute atomic E-state index is 5.45. The molecule has 218 valence electrons. The fourth-order valence-corrected chi connectivity index (χ4v) is 5.42. The van der Waals surface area contributed by atoms with E-state index < -0.39 is 0 Å². The highest BCUT2D eigenvalue weighted by Gasteiger charge is 2.12. The molecule has 0 atom stereocenters. The fraction of sp³-hybridized carbons (Fsp3) is 0.556. The number of nitrogens with zero attached hydrogens (tertiary/aromatic N) is 2. The number of pyridine rings is 2. The van der Waals surface area contributed by atoms with Crippen LogP contribution in [0.25, 0.3) is 16.8 Å². The number of hydrogen-bond donors (Lipinski definition) is 0. The highest BCUT2D eigenvalue weighted by Crippen LogP contribution is 2.27. The molecule has 0 amide bonds. The van der Waals surface area contributed by atoms with Crippen LogP contribution in [0.2, 0.25) is 0 Å². The zero-order valence-corrected chi connectivity index (χ0v) is 25.6. The van der Waals surface area contributed by atoms with Crippen molar-refractivity contribution in [3.05, 3.63) is 67.3 Å². The van der Waals surface area contributed by atoms with Gasteiger partial charge in [-0.15, -0.1) is 0 Å². The Morgan fingerprint density at radius 3 is 1.43 bits per heavy atom. The Morgan fingerprint density at radius 1 is 0.500 bits per heavy atom. The standard InChI is InChI=1S/C36H54N2O2/c1-4-5-6-7-8-9-10-11-12-13-14-15-16-17-18-19-26-37-27-22-32(23-28-37)33-24-29-38(30-25-33)34-20-21-35(39-2)36(31-34)40-3/h20-25,27-31H,4-19,26H2,1-3H3/q+2. The summed E-state index contributed by atoms with van der Waals surface area (Å²) in [5.74, 6) is 1.47. The normalized spacial score (nSPS) is 11.1. The minimum Gasteiger partial charge on any atom is -0.493 e. The Kier molecular flexibility index (Phi) is 15.2. The van der Waals surface area contributed by atoms with Gasteiger partial charge < -0.3 is 9.47 Å². The van der Waals surface area contributed by atoms with E-state index in [-0.39, 0.29) is 0 Å². The van der Waals surface area contributed by atoms with Crippen LogP contribution in [0.3, 0.4) is 0 Å². The van der Waals surface area contributed by atoms with Crippen molar-refractivity contribution >= 4 is 0 Å². The second-order valence-electron chi connectivity index (χ2n) is 11.2. The van der Waals surface area contributed by atoms with Crippen molar-refractivity contribution in [1.82, 2.24) is 0 Å². The first kappa shape index (κ1) is 31.6. The Hall–Kier alpha value is -2.88. The van der Waals surface area contributed by atoms with E-state index >= 15 is 0 Å². The van der Waals surface area contributed by atoms with E-state index in [2.05, 4.69) is 65.1 Å². The monoisotopic (exact) mass is 546 g/mol. The maximum atomic E-state index is 5.45. The van der Waals surface area contributed by atoms with Gasteiger partial charge in [-0.25, -0.2) is 4.57 Å². The number of unbranched alkanes of at least 4 members (excludes halogenated alkanes) is 15. The zero-order chi connectivity index (χ0) is 28.3. The second kappa shape index (κ2) is 19.2. The number of rotatable bonds is 21. The summed E-state index contributed by atoms with van der Waals surface area (Å²) in [5, 5.41) is 0. The molecule has 2 heterocycles. The average molecular weight is 547 g/mol. The maximum Gasteiger partial charge on any atom is 0.214 e. The van der Waals surface area contributed by atoms with Gasteiger partial charge in [0.15, 0.2) is 36.3 Å². The van der Waals surface area contributed by atoms with E-state index in [1.54, 1.807) is 14.2 Å². The molecule has 0 saturated heterocycles. The second-order valence-corrected chi connectivity index (χ2v) is 11.2. The first-order valence-electron chi connectivity index (χ1n) is 16.0. The fourth-order valence-electron chi connectivity index (χ4n) is 5.42. The first-order chi connectivity index (χ1) is 19.7. The Labute approximate surface area is 244 Å². The predicted octanol–water partition coefficient (Wildman–Crippen LogP) is 9.20. The van der Waals surface area contributed by atoms with Crippen molar-refractivity contribution in [3.8, 4) is 28.3 Å². The summed E-state index contributed by atoms with van der Waals surface area (Å²) in [6, 6.07) is 14.7. The number of aryl methyl sites for hydroxylation is 1. The van der Waals surface area contributed by atoms with Crippen molar-refractivity contribution < 1.29 is 18.6 Å². The van der Waals surface area contributed by atoms with Gasteiger partial charge in [0.2, 0.25) is 5.69 Å². The van der Waals surface area contributed by atoms with Gasteiger partial charge in [0.05, 0.1) is 20.3 Å². The number of aromatic nitrogens is 2. The van der Waals surface area contributed by atoms with Crippen LogP contribution in [0.1, 0.15) is 110 Å². The molecule has 3 aromatic rings. The molecule has 3 rings (SSSR count). The molecule has 2 aromatic heterocycles. The van der Waals surface area contributed by atoms with Crippen LogP contribution in [0.15, 0.2) is 67.3 Å². The molecule has 0 N–H and O–H groups in total. The van der Waals surface area contributed by atoms with Crippen LogP contribution >= 0.6 is 0 Å². The summed E-state index contributed by atoms with van der Waals surface area (Å²) in [4.78, 5) is 0. The third-order valence-electron chi connectivity index (χ3n) is 7.99. The van der Waals surface area contributed by atoms with Gasteiger partial charge in [-0.2, -0.15) is 4.57 Å². The lowest BCUT2D eigenvalue weighted by molar-refractivity contribution is -0.697. The van der Waals surface area contributed by atoms with Crippen LogP contribution < -0.4 is 18.6 Å². The predicted molar refractivity (Wildman–Crippen MR) is 166 cm³/mol. The highest BCUT2D eigenvalue weighted by atomic mass is 16.5. The van der Waals surface area contributed by atoms with Crippen LogP contribution in [-0.4, -0.2) is 14.2 Å². The lowest BCUT2D eigenvalue weighted by Crippen LogP contribution is -2.32. The molecule has 40 heavy (non-hydrogen) atoms. The smallest absolute Gasteiger partial charge is 0.214 e. The van der Waals surface area contributed by atoms with Gasteiger partial charge in [-0.05, 0) is 23.6 Å². The average Bonchev–Trinajstić information content (AvgIpc) is 3.01. The minimum atomic E-state index is 0.730. The zero-order valence-electron chi connectivity index (χ0n) is 25.6. The molecule has 1 aromatic carbocycles. The third-order valence-corrected chi connectivity index (χ3v) is 7.99. The van der Waals surface area contributed by atoms with E-state index in [0.29, 0.717) is 0 Å². The first-order valence-corrected chi connectivity index (χ1v) is 16.0. The van der Waals surface area contributed by atoms with Crippen molar-refractivity contribution in [3.63, 3.8) is 0 Å². The van der Waals surface area contributed by atoms with Gasteiger partial charge in [0.25, 0.3) is 0 Å². The molecule has 0 spiro atoms. The quantitative estimate of drug-likeness (QED) is 0.0983. The SMILES string of the molecule is CCCCCCCCCCCCCCCCCC[n+]1ccc(-c2cc[n+](-c3ccc(OC)c(OC)c3)cc2)cc1. The van der Waals surface area contributed by atoms with Gasteiger partial charge in [0, 0.05) is 36.8 Å². The Balaban J connectivity index is 1.26. The lowest BCUT2D eigenvalue weighted by atomic mass is 10.0. The molecule has 4 heteroatoms. The molecule has 0 aliphatic rings. The van der Waals surface area contributed by atoms with Crippen molar-refractivity contribution in [2.24, 2.45) is 0 Å². The highest BCUT2D eigenvalue weighted by molar-refractivity contribution is 5.61. The molecule has 0 unspecified atom stereocenters. The number of hydrogen-bond acceptors (Lipinski definition) is 2. The van der Waals surface area contributed by atoms with Gasteiger partial charge in [-0.1, -0.05) is 96.8 Å². The lowest BCUT2D eigenvalue weighted by Gasteiger charge is -2.07. The summed E-state index contributed by atoms with van der Waals surface area (Å²) in [7, 11) is 3.32. The van der Waals surface area contributed by atoms with Crippen LogP contribution in [-0.2, 0) is 6.54 Å². The van der Waals surface area contributed by atoms with Crippen molar-refractivity contribution in [2.45, 2.75) is 116 Å². The van der Waals surface area contributed by atoms with E-state index in [1.165, 1.54) is 114 Å². The molecule has 0 bridgehead atoms. The van der Waals surface area contributed by atoms with Crippen LogP contribution in [0, 0.1) is 0 Å². The third kappa shape index (κ3) is 11.3. The van der Waals surface area contributed by atoms with E-state index in [1.807, 2.05) is 18.2 Å². The summed E-state index contributed by atoms with van der Waals surface area (Å²) in [5.41, 5.74) is 3.49. The number of methoxy groups -OCH3 is 2. The molecule has 0 radical (unpaired) electrons. The summed E-state index contributed by atoms with van der Waals surface area (Å²) < 4.78 is 15.2. The molecule has 4 nitrogen and oxygen atoms in total. The van der Waals surface area contributed by atoms with Crippen LogP contribution in [0.4, 0.5) is 0 Å². The summed E-state index contributed by atoms with van der Waals surface area (Å²) >= 11 is 0. The topological polar surface area (TPSA) is 26.2 Å². The van der Waals surface area contributed by atoms with E-state index in [9.17, 15) is 0 Å². The molecular formula is C36H54N2O2+2. The summed E-state index contributed by atoms with van der Waals surface area (Å²) in [6.45, 7) is 3.40. The molecular weight excluding hydrogens is 492 g/mol. The Morgan fingerprint density at radius 2 is 0.950 bits per heavy atom. The largest absolute Gasteiger partial charge is 0.493 e. The number of benzene rings is 1. The molecule has 0 aliphatic carbocycles. The number of ether oxygens (including phenoxy) is 2. The van der Waals surface area contributed by atoms with Crippen molar-refractivity contribution in [1.29, 1.82) is 0 Å². The van der Waals surface area contributed by atoms with Crippen molar-refractivity contribution in [2.75, 3.05) is 14.2 Å². The molecule has 0 fully saturated rings. The Bertz CT molecular complexity index is 1060. The minimum absolute atomic E-state index is 0.730. The van der Waals surface area contributed by atoms with Gasteiger partial charge in [-0.3, -0.25) is 0 Å². The van der Waals surface area contributed by atoms with Gasteiger partial charge >= 0.3 is 0 Å². The van der Waals surface area contributed by atoms with E-state index in [0.717, 1.165) is 23.7 Å². The van der Waals surface area contributed by atoms with E-state index in [4.69, 9.17) is 9.47 Å². The molecule has 0 aliphatic heterocycles. The van der Waals surface area contributed by atoms with Gasteiger partial charge in [0.1, 0.15) is 6.54 Å². The van der Waals surface area contributed by atoms with Crippen LogP contribution in [0.5, 0.6) is 11.5 Å².